The summed E-state index contributed by atoms with van der Waals surface area (Å²) in [6.07, 6.45) is 1.69. The van der Waals surface area contributed by atoms with Gasteiger partial charge in [0.15, 0.2) is 11.5 Å². The van der Waals surface area contributed by atoms with E-state index < -0.39 is 0 Å². The van der Waals surface area contributed by atoms with Gasteiger partial charge in [-0.15, -0.1) is 0 Å². The Labute approximate surface area is 164 Å². The van der Waals surface area contributed by atoms with Crippen LogP contribution in [0.4, 0.5) is 23.1 Å². The van der Waals surface area contributed by atoms with Gasteiger partial charge in [-0.3, -0.25) is 0 Å². The molecule has 0 radical (unpaired) electrons. The van der Waals surface area contributed by atoms with Crippen molar-refractivity contribution in [1.29, 1.82) is 0 Å². The summed E-state index contributed by atoms with van der Waals surface area (Å²) in [5, 5.41) is 6.47. The number of rotatable bonds is 7. The molecule has 1 heterocycles. The van der Waals surface area contributed by atoms with Gasteiger partial charge in [0.25, 0.3) is 0 Å². The molecular weight excluding hydrogens is 356 g/mol. The summed E-state index contributed by atoms with van der Waals surface area (Å²) < 4.78 is 16.1. The lowest BCUT2D eigenvalue weighted by atomic mass is 10.1. The van der Waals surface area contributed by atoms with Gasteiger partial charge in [-0.05, 0) is 43.2 Å². The molecule has 2 aromatic carbocycles. The van der Waals surface area contributed by atoms with E-state index in [0.717, 1.165) is 11.4 Å². The molecular formula is C21H24N4O3. The van der Waals surface area contributed by atoms with Gasteiger partial charge in [-0.25, -0.2) is 4.98 Å². The van der Waals surface area contributed by atoms with Crippen LogP contribution < -0.4 is 24.8 Å². The summed E-state index contributed by atoms with van der Waals surface area (Å²) in [6.45, 7) is 4.17. The molecule has 0 aliphatic carbocycles. The Morgan fingerprint density at radius 1 is 0.750 bits per heavy atom. The van der Waals surface area contributed by atoms with Crippen LogP contribution in [0.5, 0.6) is 17.2 Å². The number of anilines is 4. The Bertz CT molecular complexity index is 951. The van der Waals surface area contributed by atoms with Gasteiger partial charge in [0.05, 0.1) is 21.3 Å². The Kier molecular flexibility index (Phi) is 5.84. The fraction of sp³-hybridized carbons (Fsp3) is 0.238. The first kappa shape index (κ1) is 19.3. The zero-order chi connectivity index (χ0) is 20.1. The minimum absolute atomic E-state index is 0.447. The van der Waals surface area contributed by atoms with E-state index >= 15 is 0 Å². The van der Waals surface area contributed by atoms with Crippen molar-refractivity contribution in [2.24, 2.45) is 0 Å². The van der Waals surface area contributed by atoms with E-state index in [0.29, 0.717) is 29.0 Å². The van der Waals surface area contributed by atoms with Gasteiger partial charge in [-0.2, -0.15) is 4.98 Å². The minimum Gasteiger partial charge on any atom is -0.493 e. The molecule has 0 amide bonds. The lowest BCUT2D eigenvalue weighted by Gasteiger charge is -2.15. The summed E-state index contributed by atoms with van der Waals surface area (Å²) in [5.41, 5.74) is 4.16. The molecule has 146 valence electrons. The molecule has 0 atom stereocenters. The topological polar surface area (TPSA) is 77.5 Å². The van der Waals surface area contributed by atoms with Crippen LogP contribution in [-0.2, 0) is 0 Å². The highest BCUT2D eigenvalue weighted by molar-refractivity contribution is 5.66. The van der Waals surface area contributed by atoms with Crippen LogP contribution in [-0.4, -0.2) is 31.3 Å². The number of hydrogen-bond donors (Lipinski definition) is 2. The highest BCUT2D eigenvalue weighted by atomic mass is 16.5. The van der Waals surface area contributed by atoms with E-state index in [4.69, 9.17) is 14.2 Å². The summed E-state index contributed by atoms with van der Waals surface area (Å²) in [6, 6.07) is 11.6. The average Bonchev–Trinajstić information content (AvgIpc) is 2.70. The number of nitrogens with one attached hydrogen (secondary N) is 2. The molecule has 3 aromatic rings. The number of aromatic nitrogens is 2. The third-order valence-electron chi connectivity index (χ3n) is 4.36. The van der Waals surface area contributed by atoms with Crippen LogP contribution in [0.3, 0.4) is 0 Å². The molecule has 0 saturated heterocycles. The number of aryl methyl sites for hydroxylation is 2. The molecule has 7 nitrogen and oxygen atoms in total. The quantitative estimate of drug-likeness (QED) is 0.620. The summed E-state index contributed by atoms with van der Waals surface area (Å²) in [4.78, 5) is 8.81. The Morgan fingerprint density at radius 3 is 2.07 bits per heavy atom. The Hall–Kier alpha value is -3.48. The van der Waals surface area contributed by atoms with Crippen LogP contribution in [0, 0.1) is 13.8 Å². The molecule has 0 aliphatic heterocycles. The number of nitrogens with zero attached hydrogens (tertiary/aromatic N) is 2. The van der Waals surface area contributed by atoms with Gasteiger partial charge >= 0.3 is 0 Å². The van der Waals surface area contributed by atoms with Crippen LogP contribution in [0.15, 0.2) is 42.6 Å². The largest absolute Gasteiger partial charge is 0.493 e. The summed E-state index contributed by atoms with van der Waals surface area (Å²) >= 11 is 0. The first-order chi connectivity index (χ1) is 13.5. The van der Waals surface area contributed by atoms with Crippen molar-refractivity contribution in [2.75, 3.05) is 32.0 Å². The zero-order valence-electron chi connectivity index (χ0n) is 16.7. The molecule has 0 saturated carbocycles. The van der Waals surface area contributed by atoms with Crippen molar-refractivity contribution in [2.45, 2.75) is 13.8 Å². The maximum Gasteiger partial charge on any atom is 0.229 e. The van der Waals surface area contributed by atoms with E-state index in [1.807, 2.05) is 12.1 Å². The van der Waals surface area contributed by atoms with Crippen molar-refractivity contribution in [1.82, 2.24) is 9.97 Å². The van der Waals surface area contributed by atoms with Crippen molar-refractivity contribution in [3.05, 3.63) is 53.7 Å². The molecule has 7 heteroatoms. The lowest BCUT2D eigenvalue weighted by molar-refractivity contribution is 0.324. The second-order valence-electron chi connectivity index (χ2n) is 6.23. The van der Waals surface area contributed by atoms with E-state index in [9.17, 15) is 0 Å². The van der Waals surface area contributed by atoms with Gasteiger partial charge in [-0.1, -0.05) is 6.07 Å². The first-order valence-corrected chi connectivity index (χ1v) is 8.78. The minimum atomic E-state index is 0.447. The summed E-state index contributed by atoms with van der Waals surface area (Å²) in [7, 11) is 4.72. The summed E-state index contributed by atoms with van der Waals surface area (Å²) in [5.74, 6) is 2.76. The Balaban J connectivity index is 1.83. The predicted octanol–water partition coefficient (Wildman–Crippen LogP) is 4.61. The second kappa shape index (κ2) is 8.47. The molecule has 0 aliphatic rings. The standard InChI is InChI=1S/C21H24N4O3/c1-13-6-7-15(10-14(13)2)23-19-8-9-22-21(25-19)24-16-11-17(26-3)20(28-5)18(12-16)27-4/h6-12H,1-5H3,(H2,22,23,24,25). The first-order valence-electron chi connectivity index (χ1n) is 8.78. The van der Waals surface area contributed by atoms with Crippen molar-refractivity contribution in [3.63, 3.8) is 0 Å². The monoisotopic (exact) mass is 380 g/mol. The fourth-order valence-electron chi connectivity index (χ4n) is 2.74. The van der Waals surface area contributed by atoms with E-state index in [-0.39, 0.29) is 0 Å². The van der Waals surface area contributed by atoms with Gasteiger partial charge in [0, 0.05) is 29.7 Å². The van der Waals surface area contributed by atoms with Gasteiger partial charge in [0.1, 0.15) is 5.82 Å². The molecule has 28 heavy (non-hydrogen) atoms. The average molecular weight is 380 g/mol. The molecule has 3 rings (SSSR count). The smallest absolute Gasteiger partial charge is 0.229 e. The van der Waals surface area contributed by atoms with Crippen LogP contribution in [0.1, 0.15) is 11.1 Å². The SMILES string of the molecule is COc1cc(Nc2nccc(Nc3ccc(C)c(C)c3)n2)cc(OC)c1OC. The van der Waals surface area contributed by atoms with Gasteiger partial charge in [0.2, 0.25) is 11.7 Å². The Morgan fingerprint density at radius 2 is 1.46 bits per heavy atom. The van der Waals surface area contributed by atoms with Crippen LogP contribution in [0.25, 0.3) is 0 Å². The highest BCUT2D eigenvalue weighted by Crippen LogP contribution is 2.40. The molecule has 0 unspecified atom stereocenters. The van der Waals surface area contributed by atoms with E-state index in [1.165, 1.54) is 11.1 Å². The molecule has 0 bridgehead atoms. The molecule has 1 aromatic heterocycles. The molecule has 0 fully saturated rings. The maximum absolute atomic E-state index is 5.38. The maximum atomic E-state index is 5.38. The third-order valence-corrected chi connectivity index (χ3v) is 4.36. The van der Waals surface area contributed by atoms with Crippen LogP contribution in [0.2, 0.25) is 0 Å². The predicted molar refractivity (Wildman–Crippen MR) is 111 cm³/mol. The second-order valence-corrected chi connectivity index (χ2v) is 6.23. The van der Waals surface area contributed by atoms with Gasteiger partial charge < -0.3 is 24.8 Å². The van der Waals surface area contributed by atoms with E-state index in [2.05, 4.69) is 46.6 Å². The van der Waals surface area contributed by atoms with Crippen molar-refractivity contribution < 1.29 is 14.2 Å². The number of benzene rings is 2. The highest BCUT2D eigenvalue weighted by Gasteiger charge is 2.14. The van der Waals surface area contributed by atoms with Crippen LogP contribution >= 0.6 is 0 Å². The number of hydrogen-bond acceptors (Lipinski definition) is 7. The van der Waals surface area contributed by atoms with Crippen molar-refractivity contribution in [3.8, 4) is 17.2 Å². The fourth-order valence-corrected chi connectivity index (χ4v) is 2.74. The molecule has 0 spiro atoms. The zero-order valence-corrected chi connectivity index (χ0v) is 16.7. The van der Waals surface area contributed by atoms with Crippen molar-refractivity contribution >= 4 is 23.1 Å². The third kappa shape index (κ3) is 4.25. The van der Waals surface area contributed by atoms with E-state index in [1.54, 1.807) is 39.7 Å². The number of ether oxygens (including phenoxy) is 3. The molecule has 2 N–H and O–H groups in total. The lowest BCUT2D eigenvalue weighted by Crippen LogP contribution is -2.02. The normalized spacial score (nSPS) is 10.3. The number of methoxy groups -OCH3 is 3.